The summed E-state index contributed by atoms with van der Waals surface area (Å²) >= 11 is 0. The Bertz CT molecular complexity index is 783. The molecule has 1 aromatic carbocycles. The Balaban J connectivity index is 2.25. The minimum Gasteiger partial charge on any atom is -0.743 e. The molecule has 146 valence electrons. The van der Waals surface area contributed by atoms with Gasteiger partial charge in [0.2, 0.25) is 0 Å². The van der Waals surface area contributed by atoms with Crippen molar-refractivity contribution in [1.82, 2.24) is 0 Å². The topological polar surface area (TPSA) is 96.0 Å². The molecule has 2 rings (SSSR count). The number of carbonyl (C=O) groups is 1. The summed E-state index contributed by atoms with van der Waals surface area (Å²) in [7, 11) is -6.73. The van der Waals surface area contributed by atoms with Crippen LogP contribution in [0.3, 0.4) is 0 Å². The van der Waals surface area contributed by atoms with E-state index >= 15 is 0 Å². The number of hydrogen-bond donors (Lipinski definition) is 0. The number of hydrogen-bond acceptors (Lipinski definition) is 6. The Morgan fingerprint density at radius 2 is 1.77 bits per heavy atom. The number of epoxide rings is 1. The van der Waals surface area contributed by atoms with Crippen molar-refractivity contribution in [3.8, 4) is 0 Å². The lowest BCUT2D eigenvalue weighted by Crippen LogP contribution is -2.52. The average molecular weight is 403 g/mol. The van der Waals surface area contributed by atoms with E-state index in [-0.39, 0.29) is 0 Å². The molecule has 6 nitrogen and oxygen atoms in total. The number of halogens is 5. The molecule has 12 heteroatoms. The van der Waals surface area contributed by atoms with Crippen molar-refractivity contribution >= 4 is 16.1 Å². The zero-order chi connectivity index (χ0) is 20.0. The van der Waals surface area contributed by atoms with E-state index in [9.17, 15) is 39.7 Å². The summed E-state index contributed by atoms with van der Waals surface area (Å²) in [4.78, 5) is 11.7. The molecule has 0 bridgehead atoms. The standard InChI is InChI=1S/C14H13F5O6S/c1-2-12(7-24-12)9-5-3-8(4-6-9)10(20)25-11(13(15,16)17)14(18,19)26(21,22)23/h3-6,11H,2,7H2,1H3,(H,21,22,23)/p-1. The predicted molar refractivity (Wildman–Crippen MR) is 74.3 cm³/mol. The van der Waals surface area contributed by atoms with Crippen LogP contribution in [0.15, 0.2) is 24.3 Å². The highest BCUT2D eigenvalue weighted by Gasteiger charge is 2.63. The highest BCUT2D eigenvalue weighted by molar-refractivity contribution is 7.86. The summed E-state index contributed by atoms with van der Waals surface area (Å²) in [6.45, 7) is 2.24. The second kappa shape index (κ2) is 6.43. The number of rotatable bonds is 6. The fourth-order valence-corrected chi connectivity index (χ4v) is 2.65. The number of esters is 1. The van der Waals surface area contributed by atoms with Crippen molar-refractivity contribution < 1.29 is 49.2 Å². The van der Waals surface area contributed by atoms with Crippen LogP contribution in [0.5, 0.6) is 0 Å². The number of carbonyl (C=O) groups excluding carboxylic acids is 1. The van der Waals surface area contributed by atoms with Gasteiger partial charge in [0.15, 0.2) is 10.1 Å². The molecule has 0 spiro atoms. The van der Waals surface area contributed by atoms with Crippen LogP contribution >= 0.6 is 0 Å². The number of alkyl halides is 5. The molecule has 0 N–H and O–H groups in total. The van der Waals surface area contributed by atoms with Gasteiger partial charge < -0.3 is 14.0 Å². The normalized spacial score (nSPS) is 22.0. The van der Waals surface area contributed by atoms with Crippen LogP contribution in [0.4, 0.5) is 22.0 Å². The summed E-state index contributed by atoms with van der Waals surface area (Å²) in [6.07, 6.45) is -9.82. The molecule has 1 heterocycles. The van der Waals surface area contributed by atoms with Gasteiger partial charge in [0, 0.05) is 0 Å². The van der Waals surface area contributed by atoms with Crippen LogP contribution in [0, 0.1) is 0 Å². The number of ether oxygens (including phenoxy) is 2. The van der Waals surface area contributed by atoms with Crippen molar-refractivity contribution in [3.63, 3.8) is 0 Å². The third kappa shape index (κ3) is 3.81. The highest BCUT2D eigenvalue weighted by atomic mass is 32.2. The Morgan fingerprint density at radius 3 is 2.12 bits per heavy atom. The molecule has 1 aliphatic rings. The second-order valence-electron chi connectivity index (χ2n) is 5.56. The van der Waals surface area contributed by atoms with Crippen LogP contribution in [0.2, 0.25) is 0 Å². The average Bonchev–Trinajstić information content (AvgIpc) is 3.31. The van der Waals surface area contributed by atoms with E-state index in [1.54, 1.807) is 0 Å². The van der Waals surface area contributed by atoms with E-state index in [2.05, 4.69) is 4.74 Å². The van der Waals surface area contributed by atoms with Crippen molar-refractivity contribution in [2.45, 2.75) is 36.5 Å². The van der Waals surface area contributed by atoms with Crippen molar-refractivity contribution in [2.75, 3.05) is 6.61 Å². The van der Waals surface area contributed by atoms with E-state index in [1.807, 2.05) is 6.92 Å². The molecule has 2 atom stereocenters. The SMILES string of the molecule is CCC1(c2ccc(C(=O)OC(C(F)(F)F)C(F)(F)S(=O)(=O)[O-])cc2)CO1. The van der Waals surface area contributed by atoms with Gasteiger partial charge in [-0.15, -0.1) is 0 Å². The molecule has 2 unspecified atom stereocenters. The van der Waals surface area contributed by atoms with Gasteiger partial charge in [0.1, 0.15) is 5.60 Å². The summed E-state index contributed by atoms with van der Waals surface area (Å²) in [5, 5.41) is -5.88. The van der Waals surface area contributed by atoms with E-state index in [0.717, 1.165) is 12.1 Å². The summed E-state index contributed by atoms with van der Waals surface area (Å²) < 4.78 is 105. The van der Waals surface area contributed by atoms with Gasteiger partial charge in [-0.05, 0) is 24.1 Å². The van der Waals surface area contributed by atoms with E-state index in [1.165, 1.54) is 12.1 Å². The molecule has 1 saturated heterocycles. The van der Waals surface area contributed by atoms with E-state index < -0.39 is 44.8 Å². The first-order valence-electron chi connectivity index (χ1n) is 7.10. The first-order valence-corrected chi connectivity index (χ1v) is 8.51. The fraction of sp³-hybridized carbons (Fsp3) is 0.500. The predicted octanol–water partition coefficient (Wildman–Crippen LogP) is 2.55. The van der Waals surface area contributed by atoms with Gasteiger partial charge in [-0.3, -0.25) is 0 Å². The Labute approximate surface area is 144 Å². The first kappa shape index (κ1) is 20.5. The molecule has 0 saturated carbocycles. The molecule has 1 fully saturated rings. The van der Waals surface area contributed by atoms with Gasteiger partial charge >= 0.3 is 17.4 Å². The van der Waals surface area contributed by atoms with Gasteiger partial charge in [-0.1, -0.05) is 19.1 Å². The van der Waals surface area contributed by atoms with Gasteiger partial charge in [0.05, 0.1) is 12.2 Å². The monoisotopic (exact) mass is 403 g/mol. The first-order chi connectivity index (χ1) is 11.7. The molecular weight excluding hydrogens is 391 g/mol. The lowest BCUT2D eigenvalue weighted by Gasteiger charge is -2.29. The summed E-state index contributed by atoms with van der Waals surface area (Å²) in [6, 6.07) is 4.73. The fourth-order valence-electron chi connectivity index (χ4n) is 2.20. The largest absolute Gasteiger partial charge is 0.743 e. The number of benzene rings is 1. The minimum absolute atomic E-state index is 0.414. The maximum absolute atomic E-state index is 13.3. The van der Waals surface area contributed by atoms with Crippen LogP contribution in [-0.2, 0) is 25.2 Å². The second-order valence-corrected chi connectivity index (χ2v) is 7.01. The quantitative estimate of drug-likeness (QED) is 0.314. The van der Waals surface area contributed by atoms with Crippen LogP contribution in [0.25, 0.3) is 0 Å². The summed E-state index contributed by atoms with van der Waals surface area (Å²) in [5.41, 5.74) is -0.467. The lowest BCUT2D eigenvalue weighted by molar-refractivity contribution is -0.248. The molecule has 1 aromatic rings. The molecule has 0 amide bonds. The van der Waals surface area contributed by atoms with Crippen LogP contribution in [-0.4, -0.2) is 43.1 Å². The van der Waals surface area contributed by atoms with E-state index in [4.69, 9.17) is 4.74 Å². The minimum atomic E-state index is -6.73. The zero-order valence-electron chi connectivity index (χ0n) is 13.0. The third-order valence-electron chi connectivity index (χ3n) is 3.87. The zero-order valence-corrected chi connectivity index (χ0v) is 13.9. The molecule has 0 aromatic heterocycles. The van der Waals surface area contributed by atoms with Crippen LogP contribution in [0.1, 0.15) is 29.3 Å². The summed E-state index contributed by atoms with van der Waals surface area (Å²) in [5.74, 6) is -1.86. The van der Waals surface area contributed by atoms with Gasteiger partial charge in [-0.25, -0.2) is 13.2 Å². The lowest BCUT2D eigenvalue weighted by atomic mass is 9.96. The third-order valence-corrected chi connectivity index (χ3v) is 4.75. The van der Waals surface area contributed by atoms with Gasteiger partial charge in [-0.2, -0.15) is 22.0 Å². The Morgan fingerprint density at radius 1 is 1.27 bits per heavy atom. The smallest absolute Gasteiger partial charge is 0.432 e. The van der Waals surface area contributed by atoms with Gasteiger partial charge in [0.25, 0.3) is 6.10 Å². The Hall–Kier alpha value is -1.79. The maximum atomic E-state index is 13.3. The molecule has 1 aliphatic heterocycles. The molecule has 26 heavy (non-hydrogen) atoms. The van der Waals surface area contributed by atoms with Crippen LogP contribution < -0.4 is 0 Å². The molecule has 0 radical (unpaired) electrons. The Kier molecular flexibility index (Phi) is 5.07. The molecule has 0 aliphatic carbocycles. The molecular formula is C14H12F5O6S-. The maximum Gasteiger partial charge on any atom is 0.432 e. The highest BCUT2D eigenvalue weighted by Crippen LogP contribution is 2.42. The van der Waals surface area contributed by atoms with Crippen molar-refractivity contribution in [2.24, 2.45) is 0 Å². The van der Waals surface area contributed by atoms with Crippen molar-refractivity contribution in [1.29, 1.82) is 0 Å². The van der Waals surface area contributed by atoms with Crippen molar-refractivity contribution in [3.05, 3.63) is 35.4 Å². The van der Waals surface area contributed by atoms with E-state index in [0.29, 0.717) is 18.6 Å².